The van der Waals surface area contributed by atoms with Gasteiger partial charge in [0.25, 0.3) is 5.91 Å². The summed E-state index contributed by atoms with van der Waals surface area (Å²) in [5.41, 5.74) is 1.98. The molecular formula is C15H15FN2O2. The van der Waals surface area contributed by atoms with Gasteiger partial charge in [0.1, 0.15) is 0 Å². The lowest BCUT2D eigenvalue weighted by molar-refractivity contribution is 0.0915. The van der Waals surface area contributed by atoms with E-state index in [1.165, 1.54) is 6.07 Å². The van der Waals surface area contributed by atoms with Crippen LogP contribution in [0.4, 0.5) is 4.39 Å². The molecule has 2 aromatic rings. The van der Waals surface area contributed by atoms with Gasteiger partial charge in [0, 0.05) is 12.7 Å². The SMILES string of the molecule is Cc1ccccc1C(O)CNC(=O)c1ccc(F)nc1. The number of carbonyl (C=O) groups is 1. The molecule has 1 atom stereocenters. The van der Waals surface area contributed by atoms with Crippen molar-refractivity contribution in [1.82, 2.24) is 10.3 Å². The molecule has 1 aromatic carbocycles. The van der Waals surface area contributed by atoms with Crippen LogP contribution in [0.15, 0.2) is 42.6 Å². The molecular weight excluding hydrogens is 259 g/mol. The third-order valence-electron chi connectivity index (χ3n) is 2.99. The Morgan fingerprint density at radius 3 is 2.75 bits per heavy atom. The maximum atomic E-state index is 12.6. The fourth-order valence-electron chi connectivity index (χ4n) is 1.87. The summed E-state index contributed by atoms with van der Waals surface area (Å²) in [5, 5.41) is 12.6. The van der Waals surface area contributed by atoms with E-state index in [0.717, 1.165) is 23.4 Å². The third-order valence-corrected chi connectivity index (χ3v) is 2.99. The number of aryl methyl sites for hydroxylation is 1. The summed E-state index contributed by atoms with van der Waals surface area (Å²) < 4.78 is 12.6. The number of aromatic nitrogens is 1. The summed E-state index contributed by atoms with van der Waals surface area (Å²) in [4.78, 5) is 15.2. The van der Waals surface area contributed by atoms with Crippen molar-refractivity contribution in [3.05, 3.63) is 65.2 Å². The number of benzene rings is 1. The molecule has 20 heavy (non-hydrogen) atoms. The fourth-order valence-corrected chi connectivity index (χ4v) is 1.87. The van der Waals surface area contributed by atoms with E-state index >= 15 is 0 Å². The van der Waals surface area contributed by atoms with Gasteiger partial charge in [-0.25, -0.2) is 4.98 Å². The van der Waals surface area contributed by atoms with E-state index in [4.69, 9.17) is 0 Å². The van der Waals surface area contributed by atoms with Crippen molar-refractivity contribution in [2.24, 2.45) is 0 Å². The Morgan fingerprint density at radius 2 is 2.10 bits per heavy atom. The van der Waals surface area contributed by atoms with E-state index < -0.39 is 18.0 Å². The standard InChI is InChI=1S/C15H15FN2O2/c1-10-4-2-3-5-12(10)13(19)9-18-15(20)11-6-7-14(16)17-8-11/h2-8,13,19H,9H2,1H3,(H,18,20). The number of amides is 1. The van der Waals surface area contributed by atoms with Crippen LogP contribution in [0.5, 0.6) is 0 Å². The van der Waals surface area contributed by atoms with Gasteiger partial charge in [-0.15, -0.1) is 0 Å². The second-order valence-electron chi connectivity index (χ2n) is 4.45. The van der Waals surface area contributed by atoms with Crippen molar-refractivity contribution in [3.8, 4) is 0 Å². The number of aliphatic hydroxyl groups is 1. The molecule has 2 N–H and O–H groups in total. The molecule has 1 amide bonds. The molecule has 0 radical (unpaired) electrons. The van der Waals surface area contributed by atoms with Crippen molar-refractivity contribution >= 4 is 5.91 Å². The molecule has 5 heteroatoms. The first-order chi connectivity index (χ1) is 9.58. The van der Waals surface area contributed by atoms with Gasteiger partial charge in [0.2, 0.25) is 5.95 Å². The Kier molecular flexibility index (Phi) is 4.42. The Morgan fingerprint density at radius 1 is 1.35 bits per heavy atom. The lowest BCUT2D eigenvalue weighted by Gasteiger charge is -2.14. The van der Waals surface area contributed by atoms with Gasteiger partial charge >= 0.3 is 0 Å². The van der Waals surface area contributed by atoms with Crippen LogP contribution < -0.4 is 5.32 Å². The Balaban J connectivity index is 1.97. The minimum absolute atomic E-state index is 0.0844. The van der Waals surface area contributed by atoms with Crippen molar-refractivity contribution in [2.75, 3.05) is 6.54 Å². The van der Waals surface area contributed by atoms with Crippen molar-refractivity contribution < 1.29 is 14.3 Å². The van der Waals surface area contributed by atoms with Gasteiger partial charge < -0.3 is 10.4 Å². The second kappa shape index (κ2) is 6.25. The van der Waals surface area contributed by atoms with E-state index in [0.29, 0.717) is 0 Å². The van der Waals surface area contributed by atoms with Crippen LogP contribution in [0.2, 0.25) is 0 Å². The maximum Gasteiger partial charge on any atom is 0.252 e. The normalized spacial score (nSPS) is 11.9. The highest BCUT2D eigenvalue weighted by Gasteiger charge is 2.12. The first-order valence-electron chi connectivity index (χ1n) is 6.21. The maximum absolute atomic E-state index is 12.6. The molecule has 1 heterocycles. The summed E-state index contributed by atoms with van der Waals surface area (Å²) in [5.74, 6) is -1.04. The van der Waals surface area contributed by atoms with Crippen LogP contribution in [0.3, 0.4) is 0 Å². The molecule has 0 spiro atoms. The van der Waals surface area contributed by atoms with Gasteiger partial charge in [0.05, 0.1) is 11.7 Å². The number of hydrogen-bond donors (Lipinski definition) is 2. The minimum Gasteiger partial charge on any atom is -0.387 e. The highest BCUT2D eigenvalue weighted by molar-refractivity contribution is 5.93. The fraction of sp³-hybridized carbons (Fsp3) is 0.200. The van der Waals surface area contributed by atoms with Gasteiger partial charge in [-0.1, -0.05) is 24.3 Å². The Labute approximate surface area is 116 Å². The topological polar surface area (TPSA) is 62.2 Å². The number of aliphatic hydroxyl groups excluding tert-OH is 1. The molecule has 0 fully saturated rings. The molecule has 2 rings (SSSR count). The number of nitrogens with zero attached hydrogens (tertiary/aromatic N) is 1. The van der Waals surface area contributed by atoms with Crippen LogP contribution in [-0.2, 0) is 0 Å². The number of hydrogen-bond acceptors (Lipinski definition) is 3. The predicted molar refractivity (Wildman–Crippen MR) is 72.7 cm³/mol. The van der Waals surface area contributed by atoms with Crippen molar-refractivity contribution in [1.29, 1.82) is 0 Å². The van der Waals surface area contributed by atoms with Crippen LogP contribution in [0, 0.1) is 12.9 Å². The lowest BCUT2D eigenvalue weighted by Crippen LogP contribution is -2.28. The largest absolute Gasteiger partial charge is 0.387 e. The van der Waals surface area contributed by atoms with Crippen LogP contribution >= 0.6 is 0 Å². The van der Waals surface area contributed by atoms with Crippen molar-refractivity contribution in [2.45, 2.75) is 13.0 Å². The summed E-state index contributed by atoms with van der Waals surface area (Å²) in [6, 6.07) is 9.88. The minimum atomic E-state index is -0.784. The van der Waals surface area contributed by atoms with Crippen LogP contribution in [0.1, 0.15) is 27.6 Å². The van der Waals surface area contributed by atoms with Crippen LogP contribution in [-0.4, -0.2) is 22.5 Å². The number of nitrogens with one attached hydrogen (secondary N) is 1. The summed E-state index contributed by atoms with van der Waals surface area (Å²) in [6.07, 6.45) is 0.374. The van der Waals surface area contributed by atoms with E-state index in [-0.39, 0.29) is 12.1 Å². The van der Waals surface area contributed by atoms with E-state index in [2.05, 4.69) is 10.3 Å². The quantitative estimate of drug-likeness (QED) is 0.838. The molecule has 0 saturated carbocycles. The first kappa shape index (κ1) is 14.1. The Bertz CT molecular complexity index is 599. The zero-order chi connectivity index (χ0) is 14.5. The third kappa shape index (κ3) is 3.39. The zero-order valence-corrected chi connectivity index (χ0v) is 11.0. The van der Waals surface area contributed by atoms with Gasteiger partial charge in [-0.2, -0.15) is 4.39 Å². The number of pyridine rings is 1. The lowest BCUT2D eigenvalue weighted by atomic mass is 10.0. The smallest absolute Gasteiger partial charge is 0.252 e. The number of rotatable bonds is 4. The van der Waals surface area contributed by atoms with E-state index in [1.54, 1.807) is 0 Å². The highest BCUT2D eigenvalue weighted by atomic mass is 19.1. The van der Waals surface area contributed by atoms with Gasteiger partial charge in [-0.05, 0) is 30.2 Å². The van der Waals surface area contributed by atoms with E-state index in [1.807, 2.05) is 31.2 Å². The second-order valence-corrected chi connectivity index (χ2v) is 4.45. The van der Waals surface area contributed by atoms with Gasteiger partial charge in [0.15, 0.2) is 0 Å². The predicted octanol–water partition coefficient (Wildman–Crippen LogP) is 1.99. The highest BCUT2D eigenvalue weighted by Crippen LogP contribution is 2.16. The zero-order valence-electron chi connectivity index (χ0n) is 11.0. The van der Waals surface area contributed by atoms with Gasteiger partial charge in [-0.3, -0.25) is 4.79 Å². The van der Waals surface area contributed by atoms with Crippen LogP contribution in [0.25, 0.3) is 0 Å². The molecule has 0 aliphatic rings. The first-order valence-corrected chi connectivity index (χ1v) is 6.21. The molecule has 4 nitrogen and oxygen atoms in total. The summed E-state index contributed by atoms with van der Waals surface area (Å²) in [6.45, 7) is 1.98. The molecule has 1 aromatic heterocycles. The molecule has 104 valence electrons. The molecule has 1 unspecified atom stereocenters. The monoisotopic (exact) mass is 274 g/mol. The Hall–Kier alpha value is -2.27. The summed E-state index contributed by atoms with van der Waals surface area (Å²) in [7, 11) is 0. The molecule has 0 aliphatic heterocycles. The number of halogens is 1. The van der Waals surface area contributed by atoms with Crippen molar-refractivity contribution in [3.63, 3.8) is 0 Å². The molecule has 0 saturated heterocycles. The molecule has 0 aliphatic carbocycles. The number of carbonyl (C=O) groups excluding carboxylic acids is 1. The summed E-state index contributed by atoms with van der Waals surface area (Å²) >= 11 is 0. The average Bonchev–Trinajstić information content (AvgIpc) is 2.45. The molecule has 0 bridgehead atoms. The average molecular weight is 274 g/mol. The van der Waals surface area contributed by atoms with E-state index in [9.17, 15) is 14.3 Å².